The van der Waals surface area contributed by atoms with Crippen LogP contribution in [0.5, 0.6) is 28.7 Å². The highest BCUT2D eigenvalue weighted by Crippen LogP contribution is 2.44. The number of aryl methyl sites for hydroxylation is 10. The summed E-state index contributed by atoms with van der Waals surface area (Å²) in [5, 5.41) is 18.9. The zero-order valence-electron chi connectivity index (χ0n) is 84.6. The number of benzene rings is 15. The lowest BCUT2D eigenvalue weighted by Gasteiger charge is -2.27. The van der Waals surface area contributed by atoms with Crippen molar-refractivity contribution in [3.05, 3.63) is 420 Å². The number of aromatic hydroxyl groups is 1. The average Bonchev–Trinajstić information content (AvgIpc) is 1.65. The summed E-state index contributed by atoms with van der Waals surface area (Å²) in [5.41, 5.74) is 9.17. The zero-order valence-corrected chi connectivity index (χ0v) is 88.7. The zero-order chi connectivity index (χ0) is 102. The van der Waals surface area contributed by atoms with Crippen LogP contribution in [0.15, 0.2) is 437 Å². The van der Waals surface area contributed by atoms with Gasteiger partial charge in [-0.3, -0.25) is 0 Å². The number of hydrogen-bond acceptors (Lipinski definition) is 14. The van der Waals surface area contributed by atoms with E-state index in [0.29, 0.717) is 23.7 Å². The average molecular weight is 2030 g/mol. The van der Waals surface area contributed by atoms with Crippen LogP contribution in [0, 0.1) is 69.2 Å². The first-order chi connectivity index (χ1) is 70.2. The van der Waals surface area contributed by atoms with E-state index in [4.69, 9.17) is 43.0 Å². The Morgan fingerprint density at radius 3 is 0.738 bits per heavy atom. The molecule has 3 aliphatic rings. The van der Waals surface area contributed by atoms with E-state index >= 15 is 0 Å². The minimum absolute atomic E-state index is 0.0497. The third-order valence-electron chi connectivity index (χ3n) is 25.2. The second-order valence-electron chi connectivity index (χ2n) is 36.4. The molecule has 20 heteroatoms. The highest BCUT2D eigenvalue weighted by Gasteiger charge is 2.40. The molecule has 1 heterocycles. The summed E-state index contributed by atoms with van der Waals surface area (Å²) in [4.78, 5) is 78.2. The molecule has 1 saturated heterocycles. The summed E-state index contributed by atoms with van der Waals surface area (Å²) in [6.45, 7) is 23.7. The van der Waals surface area contributed by atoms with E-state index in [1.165, 1.54) is 73.4 Å². The maximum absolute atomic E-state index is 12.6. The number of carbonyl (C=O) groups excluding carboxylic acids is 4. The Morgan fingerprint density at radius 1 is 0.303 bits per heavy atom. The molecule has 1 unspecified atom stereocenters. The van der Waals surface area contributed by atoms with Gasteiger partial charge in [-0.2, -0.15) is 0 Å². The molecule has 2 aliphatic carbocycles. The molecule has 145 heavy (non-hydrogen) atoms. The molecule has 2 N–H and O–H groups in total. The number of carbonyl (C=O) groups is 5. The van der Waals surface area contributed by atoms with Crippen molar-refractivity contribution in [2.75, 3.05) is 33.0 Å². The quantitative estimate of drug-likeness (QED) is 0.0236. The predicted molar refractivity (Wildman–Crippen MR) is 582 cm³/mol. The normalized spacial score (nSPS) is 13.7. The minimum Gasteiger partial charge on any atom is -0.507 e. The summed E-state index contributed by atoms with van der Waals surface area (Å²) in [5.74, 6) is 0.652. The number of esters is 4. The third kappa shape index (κ3) is 29.2. The number of rotatable bonds is 31. The second kappa shape index (κ2) is 52.3. The van der Waals surface area contributed by atoms with Crippen LogP contribution in [0.1, 0.15) is 134 Å². The first-order valence-corrected chi connectivity index (χ1v) is 55.3. The second-order valence-corrected chi connectivity index (χ2v) is 46.6. The van der Waals surface area contributed by atoms with Gasteiger partial charge in [0, 0.05) is 67.1 Å². The van der Waals surface area contributed by atoms with E-state index in [1.807, 2.05) is 98.7 Å². The monoisotopic (exact) mass is 2030 g/mol. The van der Waals surface area contributed by atoms with E-state index in [9.17, 15) is 29.1 Å². The molecule has 18 rings (SSSR count). The van der Waals surface area contributed by atoms with Crippen LogP contribution in [0.4, 0.5) is 0 Å². The van der Waals surface area contributed by atoms with E-state index < -0.39 is 24.0 Å². The number of ether oxygens (including phenoxy) is 8. The highest BCUT2D eigenvalue weighted by atomic mass is 32.2. The lowest BCUT2D eigenvalue weighted by Crippen LogP contribution is -2.33. The van der Waals surface area contributed by atoms with Crippen LogP contribution in [-0.4, -0.2) is 90.4 Å². The van der Waals surface area contributed by atoms with Crippen molar-refractivity contribution in [3.63, 3.8) is 0 Å². The summed E-state index contributed by atoms with van der Waals surface area (Å²) in [6.07, 6.45) is 8.73. The van der Waals surface area contributed by atoms with Gasteiger partial charge in [0.1, 0.15) is 39.9 Å². The van der Waals surface area contributed by atoms with Crippen molar-refractivity contribution >= 4 is 84.3 Å². The van der Waals surface area contributed by atoms with Crippen LogP contribution >= 0.6 is 0 Å². The van der Waals surface area contributed by atoms with E-state index in [0.717, 1.165) is 125 Å². The van der Waals surface area contributed by atoms with Gasteiger partial charge in [0.15, 0.2) is 99.9 Å². The maximum atomic E-state index is 12.6. The van der Waals surface area contributed by atoms with Gasteiger partial charge in [-0.05, 0) is 311 Å². The topological polar surface area (TPSA) is 200 Å². The predicted octanol–water partition coefficient (Wildman–Crippen LogP) is 28.3. The molecule has 1 aliphatic heterocycles. The van der Waals surface area contributed by atoms with Crippen LogP contribution in [-0.2, 0) is 97.4 Å². The number of carboxylic acid groups (broad SMARTS) is 1. The van der Waals surface area contributed by atoms with Gasteiger partial charge in [-0.25, -0.2) is 24.0 Å². The maximum Gasteiger partial charge on any atom is 0.347 e. The number of aliphatic carboxylic acids is 1. The van der Waals surface area contributed by atoms with E-state index in [-0.39, 0.29) is 111 Å². The lowest BCUT2D eigenvalue weighted by molar-refractivity contribution is -0.162. The van der Waals surface area contributed by atoms with Crippen LogP contribution < -0.4 is 18.9 Å². The Labute approximate surface area is 869 Å². The Morgan fingerprint density at radius 2 is 0.517 bits per heavy atom. The molecule has 15 aromatic carbocycles. The van der Waals surface area contributed by atoms with Crippen LogP contribution in [0.2, 0.25) is 0 Å². The standard InChI is InChI=1S/C29H33O3S.C28H31O3S.C26H25O5S.C22H20O3S.C20H18OS/c1-4-29(17-11-12-18-29)32-27(30)21-31-28-22(2)19-26(20-23(28)3)33(24-13-7-5-8-14-24)25-15-9-6-10-16-25;1-21-18-25(32(23-12-6-4-7-13-23)24-14-8-5-9-15-24)19-22(2)27(21)30-20-26(29)31-28(3)16-10-11-17-28;1-18-15-22(32(20-9-5-3-6-10-20)21-11-7-4-8-12-21)16-19(2)25(18)30-17-24(27)31-23-13-14-29-26(23)28;1-16-13-20(14-17(2)22(16)25-15-21(23)24)26(18-9-5-3-6-10-18)19-11-7-4-8-12-19;1-15-13-19(14-16(2)20(15)21)22(17-9-5-3-6-10-17)18-11-7-4-8-12-18/h5-10,13-16,19-20H,4,11-12,17-18,21H2,1-3H3;4-9,12-15,18-19H,10-11,16-17,20H2,1-3H3;3-12,15-16,23H,13-14,17H2,1-2H3;3-14H,15H2,1-2H3;3-14H,1-2H3/q3*+1;;/p+2. The van der Waals surface area contributed by atoms with Crippen molar-refractivity contribution in [1.29, 1.82) is 0 Å². The molecule has 2 saturated carbocycles. The number of phenols is 1. The third-order valence-corrected chi connectivity index (χ3v) is 36.2. The highest BCUT2D eigenvalue weighted by molar-refractivity contribution is 7.98. The van der Waals surface area contributed by atoms with Crippen molar-refractivity contribution in [2.24, 2.45) is 0 Å². The Balaban J connectivity index is 0.000000144. The molecule has 744 valence electrons. The Hall–Kier alpha value is -13.6. The van der Waals surface area contributed by atoms with Crippen molar-refractivity contribution in [3.8, 4) is 28.7 Å². The molecule has 3 fully saturated rings. The summed E-state index contributed by atoms with van der Waals surface area (Å²) in [7, 11) is -1.07. The summed E-state index contributed by atoms with van der Waals surface area (Å²) in [6, 6.07) is 127. The fourth-order valence-electron chi connectivity index (χ4n) is 18.3. The number of hydrogen-bond donors (Lipinski definition) is 2. The molecule has 0 spiro atoms. The van der Waals surface area contributed by atoms with Gasteiger partial charge in [0.2, 0.25) is 6.10 Å². The van der Waals surface area contributed by atoms with Gasteiger partial charge < -0.3 is 48.1 Å². The van der Waals surface area contributed by atoms with Gasteiger partial charge in [-0.15, -0.1) is 0 Å². The molecule has 15 aromatic rings. The van der Waals surface area contributed by atoms with E-state index in [2.05, 4.69) is 348 Å². The molecule has 0 aromatic heterocycles. The smallest absolute Gasteiger partial charge is 0.347 e. The van der Waals surface area contributed by atoms with Crippen molar-refractivity contribution in [1.82, 2.24) is 0 Å². The minimum atomic E-state index is -0.971. The Bertz CT molecular complexity index is 6470. The fourth-order valence-corrected chi connectivity index (χ4v) is 29.6. The van der Waals surface area contributed by atoms with Crippen molar-refractivity contribution in [2.45, 2.75) is 238 Å². The number of phenolic OH excluding ortho intramolecular Hbond substituents is 1. The summed E-state index contributed by atoms with van der Waals surface area (Å²) >= 11 is 0. The fraction of sp³-hybridized carbons (Fsp3) is 0.240. The molecule has 0 bridgehead atoms. The lowest BCUT2D eigenvalue weighted by atomic mass is 9.99. The van der Waals surface area contributed by atoms with Crippen LogP contribution in [0.3, 0.4) is 0 Å². The van der Waals surface area contributed by atoms with E-state index in [1.54, 1.807) is 0 Å². The molecular formula is C125H129O15S5+5. The van der Waals surface area contributed by atoms with Gasteiger partial charge in [-0.1, -0.05) is 189 Å². The van der Waals surface area contributed by atoms with Crippen molar-refractivity contribution < 1.29 is 72.1 Å². The molecule has 0 radical (unpaired) electrons. The molecule has 0 amide bonds. The van der Waals surface area contributed by atoms with Gasteiger partial charge >= 0.3 is 29.8 Å². The largest absolute Gasteiger partial charge is 0.507 e. The SMILES string of the molecule is CCC1(OC(=O)COc2c(C)cc([S+](c3ccccc3)c3ccccc3)cc2C)CCCC1.Cc1cc([S+](c2ccccc2)c2ccccc2)cc(C)c1O.Cc1cc([S+](c2ccccc2)c2ccccc2)cc(C)c1OCC(=O)O.Cc1cc([S+](c2ccccc2)c2ccccc2)cc(C)c1OCC(=O)OC1(C)CCCC1.Cc1cc([S+](c2ccccc2)c2ccccc2)cc(C)c1OCC(=O)OC1CCOC1=O. The molecular weight excluding hydrogens is 1900 g/mol. The van der Waals surface area contributed by atoms with Gasteiger partial charge in [0.05, 0.1) is 61.1 Å². The van der Waals surface area contributed by atoms with Gasteiger partial charge in [0.25, 0.3) is 0 Å². The summed E-state index contributed by atoms with van der Waals surface area (Å²) < 4.78 is 44.8. The molecule has 1 atom stereocenters. The number of cyclic esters (lactones) is 1. The Kier molecular flexibility index (Phi) is 38.6. The first-order valence-electron chi connectivity index (χ1n) is 49.2. The van der Waals surface area contributed by atoms with Crippen LogP contribution in [0.25, 0.3) is 0 Å². The number of carboxylic acids is 1. The molecule has 15 nitrogen and oxygen atoms in total. The first kappa shape index (κ1) is 107.